The second-order valence-electron chi connectivity index (χ2n) is 4.84. The van der Waals surface area contributed by atoms with Crippen molar-refractivity contribution in [2.24, 2.45) is 5.92 Å². The van der Waals surface area contributed by atoms with Crippen molar-refractivity contribution >= 4 is 11.9 Å². The number of esters is 1. The van der Waals surface area contributed by atoms with E-state index >= 15 is 0 Å². The number of aromatic nitrogens is 1. The zero-order valence-electron chi connectivity index (χ0n) is 11.8. The average Bonchev–Trinajstić information content (AvgIpc) is 2.36. The number of hydrogen-bond acceptors (Lipinski definition) is 4. The molecular formula is C14H20N2O3. The summed E-state index contributed by atoms with van der Waals surface area (Å²) in [6.07, 6.45) is 0.532. The van der Waals surface area contributed by atoms with Gasteiger partial charge in [-0.3, -0.25) is 4.79 Å². The van der Waals surface area contributed by atoms with Crippen LogP contribution in [0, 0.1) is 12.8 Å². The molecule has 0 saturated carbocycles. The molecule has 0 aromatic carbocycles. The number of aryl methyl sites for hydroxylation is 1. The SMILES string of the molecule is COC(=O)C(CC(C)C)NC(=O)c1cccc(C)n1. The van der Waals surface area contributed by atoms with E-state index in [0.29, 0.717) is 12.1 Å². The lowest BCUT2D eigenvalue weighted by Gasteiger charge is -2.18. The van der Waals surface area contributed by atoms with Crippen molar-refractivity contribution in [3.05, 3.63) is 29.6 Å². The normalized spacial score (nSPS) is 12.1. The molecule has 0 aliphatic rings. The van der Waals surface area contributed by atoms with Crippen LogP contribution in [0.15, 0.2) is 18.2 Å². The maximum Gasteiger partial charge on any atom is 0.328 e. The molecule has 1 heterocycles. The minimum absolute atomic E-state index is 0.273. The van der Waals surface area contributed by atoms with E-state index in [2.05, 4.69) is 10.3 Å². The fraction of sp³-hybridized carbons (Fsp3) is 0.500. The summed E-state index contributed by atoms with van der Waals surface area (Å²) in [6.45, 7) is 5.77. The highest BCUT2D eigenvalue weighted by atomic mass is 16.5. The van der Waals surface area contributed by atoms with Crippen LogP contribution in [-0.4, -0.2) is 30.0 Å². The van der Waals surface area contributed by atoms with Gasteiger partial charge in [-0.1, -0.05) is 19.9 Å². The van der Waals surface area contributed by atoms with Gasteiger partial charge in [0.25, 0.3) is 5.91 Å². The molecule has 0 saturated heterocycles. The number of rotatable bonds is 5. The average molecular weight is 264 g/mol. The second-order valence-corrected chi connectivity index (χ2v) is 4.84. The summed E-state index contributed by atoms with van der Waals surface area (Å²) < 4.78 is 4.70. The maximum atomic E-state index is 12.0. The molecule has 0 bridgehead atoms. The van der Waals surface area contributed by atoms with E-state index in [1.807, 2.05) is 26.8 Å². The fourth-order valence-corrected chi connectivity index (χ4v) is 1.73. The van der Waals surface area contributed by atoms with Gasteiger partial charge in [-0.2, -0.15) is 0 Å². The van der Waals surface area contributed by atoms with Crippen LogP contribution in [0.4, 0.5) is 0 Å². The lowest BCUT2D eigenvalue weighted by Crippen LogP contribution is -2.42. The van der Waals surface area contributed by atoms with Crippen molar-refractivity contribution in [2.75, 3.05) is 7.11 Å². The molecule has 1 aromatic heterocycles. The van der Waals surface area contributed by atoms with Gasteiger partial charge in [0.2, 0.25) is 0 Å². The molecule has 5 heteroatoms. The van der Waals surface area contributed by atoms with E-state index in [1.165, 1.54) is 7.11 Å². The van der Waals surface area contributed by atoms with Crippen LogP contribution in [0.5, 0.6) is 0 Å². The Balaban J connectivity index is 2.78. The summed E-state index contributed by atoms with van der Waals surface area (Å²) in [7, 11) is 1.31. The number of methoxy groups -OCH3 is 1. The number of carbonyl (C=O) groups excluding carboxylic acids is 2. The first-order valence-corrected chi connectivity index (χ1v) is 6.26. The first-order valence-electron chi connectivity index (χ1n) is 6.26. The molecule has 0 spiro atoms. The topological polar surface area (TPSA) is 68.3 Å². The molecule has 1 rings (SSSR count). The molecule has 1 N–H and O–H groups in total. The minimum atomic E-state index is -0.639. The molecule has 0 fully saturated rings. The molecule has 104 valence electrons. The van der Waals surface area contributed by atoms with Crippen LogP contribution >= 0.6 is 0 Å². The molecule has 1 atom stereocenters. The first kappa shape index (κ1) is 15.1. The minimum Gasteiger partial charge on any atom is -0.467 e. The highest BCUT2D eigenvalue weighted by molar-refractivity contribution is 5.95. The number of amides is 1. The van der Waals surface area contributed by atoms with Gasteiger partial charge in [-0.25, -0.2) is 9.78 Å². The summed E-state index contributed by atoms with van der Waals surface area (Å²) in [5, 5.41) is 2.67. The largest absolute Gasteiger partial charge is 0.467 e. The van der Waals surface area contributed by atoms with Gasteiger partial charge >= 0.3 is 5.97 Å². The van der Waals surface area contributed by atoms with Crippen LogP contribution < -0.4 is 5.32 Å². The summed E-state index contributed by atoms with van der Waals surface area (Å²) in [5.41, 5.74) is 1.06. The Kier molecular flexibility index (Phi) is 5.48. The van der Waals surface area contributed by atoms with Crippen molar-refractivity contribution in [1.29, 1.82) is 0 Å². The Labute approximate surface area is 113 Å². The van der Waals surface area contributed by atoms with Crippen LogP contribution in [0.2, 0.25) is 0 Å². The van der Waals surface area contributed by atoms with E-state index in [-0.39, 0.29) is 11.8 Å². The number of pyridine rings is 1. The smallest absolute Gasteiger partial charge is 0.328 e. The number of ether oxygens (including phenoxy) is 1. The zero-order chi connectivity index (χ0) is 14.4. The number of nitrogens with zero attached hydrogens (tertiary/aromatic N) is 1. The highest BCUT2D eigenvalue weighted by Gasteiger charge is 2.23. The van der Waals surface area contributed by atoms with E-state index in [4.69, 9.17) is 4.74 Å². The third-order valence-corrected chi connectivity index (χ3v) is 2.62. The van der Waals surface area contributed by atoms with Crippen LogP contribution in [0.3, 0.4) is 0 Å². The van der Waals surface area contributed by atoms with Crippen molar-refractivity contribution in [3.8, 4) is 0 Å². The second kappa shape index (κ2) is 6.87. The lowest BCUT2D eigenvalue weighted by molar-refractivity contribution is -0.143. The molecule has 0 radical (unpaired) electrons. The molecule has 1 amide bonds. The lowest BCUT2D eigenvalue weighted by atomic mass is 10.0. The fourth-order valence-electron chi connectivity index (χ4n) is 1.73. The monoisotopic (exact) mass is 264 g/mol. The summed E-state index contributed by atoms with van der Waals surface area (Å²) in [4.78, 5) is 27.8. The molecule has 0 aliphatic carbocycles. The van der Waals surface area contributed by atoms with E-state index in [0.717, 1.165) is 5.69 Å². The predicted octanol–water partition coefficient (Wildman–Crippen LogP) is 1.71. The number of nitrogens with one attached hydrogen (secondary N) is 1. The van der Waals surface area contributed by atoms with E-state index < -0.39 is 12.0 Å². The van der Waals surface area contributed by atoms with Gasteiger partial charge in [0.15, 0.2) is 0 Å². The van der Waals surface area contributed by atoms with Gasteiger partial charge < -0.3 is 10.1 Å². The standard InChI is InChI=1S/C14H20N2O3/c1-9(2)8-12(14(18)19-4)16-13(17)11-7-5-6-10(3)15-11/h5-7,9,12H,8H2,1-4H3,(H,16,17). The van der Waals surface area contributed by atoms with Crippen molar-refractivity contribution in [3.63, 3.8) is 0 Å². The Morgan fingerprint density at radius 1 is 1.37 bits per heavy atom. The van der Waals surface area contributed by atoms with Crippen molar-refractivity contribution < 1.29 is 14.3 Å². The van der Waals surface area contributed by atoms with Gasteiger partial charge in [0.1, 0.15) is 11.7 Å². The summed E-state index contributed by atoms with van der Waals surface area (Å²) in [6, 6.07) is 4.54. The van der Waals surface area contributed by atoms with Crippen LogP contribution in [0.1, 0.15) is 36.5 Å². The molecule has 1 unspecified atom stereocenters. The zero-order valence-corrected chi connectivity index (χ0v) is 11.8. The predicted molar refractivity (Wildman–Crippen MR) is 71.7 cm³/mol. The van der Waals surface area contributed by atoms with Gasteiger partial charge in [0, 0.05) is 5.69 Å². The molecular weight excluding hydrogens is 244 g/mol. The third-order valence-electron chi connectivity index (χ3n) is 2.62. The molecule has 19 heavy (non-hydrogen) atoms. The highest BCUT2D eigenvalue weighted by Crippen LogP contribution is 2.07. The Morgan fingerprint density at radius 3 is 2.58 bits per heavy atom. The quantitative estimate of drug-likeness (QED) is 0.822. The van der Waals surface area contributed by atoms with E-state index in [9.17, 15) is 9.59 Å². The first-order chi connectivity index (χ1) is 8.93. The van der Waals surface area contributed by atoms with Gasteiger partial charge in [-0.15, -0.1) is 0 Å². The van der Waals surface area contributed by atoms with Gasteiger partial charge in [0.05, 0.1) is 7.11 Å². The summed E-state index contributed by atoms with van der Waals surface area (Å²) in [5.74, 6) is -0.524. The molecule has 0 aliphatic heterocycles. The van der Waals surface area contributed by atoms with Gasteiger partial charge in [-0.05, 0) is 31.4 Å². The number of carbonyl (C=O) groups is 2. The number of hydrogen-bond donors (Lipinski definition) is 1. The summed E-state index contributed by atoms with van der Waals surface area (Å²) >= 11 is 0. The van der Waals surface area contributed by atoms with E-state index in [1.54, 1.807) is 12.1 Å². The molecule has 1 aromatic rings. The Hall–Kier alpha value is -1.91. The van der Waals surface area contributed by atoms with Crippen LogP contribution in [-0.2, 0) is 9.53 Å². The Bertz CT molecular complexity index is 458. The molecule has 5 nitrogen and oxygen atoms in total. The van der Waals surface area contributed by atoms with Crippen LogP contribution in [0.25, 0.3) is 0 Å². The van der Waals surface area contributed by atoms with Crippen molar-refractivity contribution in [2.45, 2.75) is 33.2 Å². The Morgan fingerprint density at radius 2 is 2.05 bits per heavy atom. The van der Waals surface area contributed by atoms with Crippen molar-refractivity contribution in [1.82, 2.24) is 10.3 Å². The maximum absolute atomic E-state index is 12.0. The third kappa shape index (κ3) is 4.69.